The van der Waals surface area contributed by atoms with Gasteiger partial charge in [0.1, 0.15) is 12.2 Å². The average Bonchev–Trinajstić information content (AvgIpc) is 3.02. The maximum absolute atomic E-state index is 12.4. The smallest absolute Gasteiger partial charge is 0.321 e. The molecule has 0 bridgehead atoms. The number of likely N-dealkylation sites (tertiary alicyclic amines) is 1. The Bertz CT molecular complexity index is 688. The van der Waals surface area contributed by atoms with E-state index in [1.807, 2.05) is 36.1 Å². The first-order valence-electron chi connectivity index (χ1n) is 8.65. The minimum Gasteiger partial charge on any atom is -0.325 e. The van der Waals surface area contributed by atoms with Gasteiger partial charge < -0.3 is 14.8 Å². The SMILES string of the molecule is CCn1cnnc1CC1CCN(C(=O)Nc2cccc(C)c2)CC1. The van der Waals surface area contributed by atoms with Crippen molar-refractivity contribution in [3.05, 3.63) is 42.0 Å². The predicted octanol–water partition coefficient (Wildman–Crippen LogP) is 3.09. The summed E-state index contributed by atoms with van der Waals surface area (Å²) in [6, 6.07) is 7.89. The molecule has 1 N–H and O–H groups in total. The van der Waals surface area contributed by atoms with E-state index in [1.165, 1.54) is 0 Å². The minimum atomic E-state index is -0.00391. The molecule has 6 nitrogen and oxygen atoms in total. The van der Waals surface area contributed by atoms with Gasteiger partial charge in [-0.1, -0.05) is 12.1 Å². The summed E-state index contributed by atoms with van der Waals surface area (Å²) >= 11 is 0. The summed E-state index contributed by atoms with van der Waals surface area (Å²) in [5.41, 5.74) is 2.00. The normalized spacial score (nSPS) is 15.5. The van der Waals surface area contributed by atoms with E-state index >= 15 is 0 Å². The zero-order chi connectivity index (χ0) is 16.9. The lowest BCUT2D eigenvalue weighted by atomic mass is 9.93. The highest BCUT2D eigenvalue weighted by molar-refractivity contribution is 5.89. The molecule has 0 unspecified atom stereocenters. The lowest BCUT2D eigenvalue weighted by Crippen LogP contribution is -2.41. The number of aryl methyl sites for hydroxylation is 2. The van der Waals surface area contributed by atoms with Crippen LogP contribution in [0.25, 0.3) is 0 Å². The van der Waals surface area contributed by atoms with E-state index in [0.29, 0.717) is 5.92 Å². The number of carbonyl (C=O) groups excluding carboxylic acids is 1. The van der Waals surface area contributed by atoms with Crippen LogP contribution in [0.3, 0.4) is 0 Å². The van der Waals surface area contributed by atoms with Crippen molar-refractivity contribution in [3.8, 4) is 0 Å². The standard InChI is InChI=1S/C18H25N5O/c1-3-22-13-19-21-17(22)12-15-7-9-23(10-8-15)18(24)20-16-6-4-5-14(2)11-16/h4-6,11,13,15H,3,7-10,12H2,1-2H3,(H,20,24). The van der Waals surface area contributed by atoms with Crippen LogP contribution in [0.4, 0.5) is 10.5 Å². The number of nitrogens with one attached hydrogen (secondary N) is 1. The van der Waals surface area contributed by atoms with Gasteiger partial charge in [0.25, 0.3) is 0 Å². The van der Waals surface area contributed by atoms with Crippen molar-refractivity contribution in [3.63, 3.8) is 0 Å². The number of aromatic nitrogens is 3. The molecule has 3 rings (SSSR count). The summed E-state index contributed by atoms with van der Waals surface area (Å²) in [5.74, 6) is 1.63. The Morgan fingerprint density at radius 3 is 2.83 bits per heavy atom. The summed E-state index contributed by atoms with van der Waals surface area (Å²) in [7, 11) is 0. The fourth-order valence-electron chi connectivity index (χ4n) is 3.22. The Hall–Kier alpha value is -2.37. The Kier molecular flexibility index (Phi) is 5.13. The Labute approximate surface area is 142 Å². The van der Waals surface area contributed by atoms with Crippen molar-refractivity contribution in [2.75, 3.05) is 18.4 Å². The fourth-order valence-corrected chi connectivity index (χ4v) is 3.22. The van der Waals surface area contributed by atoms with E-state index in [0.717, 1.165) is 56.0 Å². The number of amides is 2. The van der Waals surface area contributed by atoms with Gasteiger partial charge in [0.15, 0.2) is 0 Å². The molecule has 2 heterocycles. The fraction of sp³-hybridized carbons (Fsp3) is 0.500. The van der Waals surface area contributed by atoms with E-state index in [-0.39, 0.29) is 6.03 Å². The highest BCUT2D eigenvalue weighted by Crippen LogP contribution is 2.22. The predicted molar refractivity (Wildman–Crippen MR) is 93.9 cm³/mol. The number of hydrogen-bond donors (Lipinski definition) is 1. The van der Waals surface area contributed by atoms with Gasteiger partial charge in [-0.3, -0.25) is 0 Å². The van der Waals surface area contributed by atoms with Crippen LogP contribution in [0.1, 0.15) is 31.2 Å². The maximum atomic E-state index is 12.4. The molecule has 6 heteroatoms. The molecule has 0 spiro atoms. The third-order valence-corrected chi connectivity index (χ3v) is 4.68. The molecule has 0 atom stereocenters. The van der Waals surface area contributed by atoms with E-state index in [4.69, 9.17) is 0 Å². The van der Waals surface area contributed by atoms with Crippen molar-refractivity contribution in [1.29, 1.82) is 0 Å². The van der Waals surface area contributed by atoms with Gasteiger partial charge in [-0.05, 0) is 50.3 Å². The van der Waals surface area contributed by atoms with Crippen molar-refractivity contribution in [2.45, 2.75) is 39.7 Å². The van der Waals surface area contributed by atoms with E-state index < -0.39 is 0 Å². The quantitative estimate of drug-likeness (QED) is 0.938. The summed E-state index contributed by atoms with van der Waals surface area (Å²) < 4.78 is 2.09. The second-order valence-electron chi connectivity index (χ2n) is 6.47. The molecule has 1 saturated heterocycles. The van der Waals surface area contributed by atoms with E-state index in [9.17, 15) is 4.79 Å². The summed E-state index contributed by atoms with van der Waals surface area (Å²) in [6.07, 6.45) is 4.76. The first-order chi connectivity index (χ1) is 11.7. The Balaban J connectivity index is 1.50. The number of urea groups is 1. The van der Waals surface area contributed by atoms with Gasteiger partial charge in [0.2, 0.25) is 0 Å². The number of nitrogens with zero attached hydrogens (tertiary/aromatic N) is 4. The molecule has 0 aliphatic carbocycles. The van der Waals surface area contributed by atoms with Gasteiger partial charge in [0.05, 0.1) is 0 Å². The Morgan fingerprint density at radius 1 is 1.33 bits per heavy atom. The van der Waals surface area contributed by atoms with Crippen molar-refractivity contribution >= 4 is 11.7 Å². The molecular weight excluding hydrogens is 302 g/mol. The molecule has 0 saturated carbocycles. The maximum Gasteiger partial charge on any atom is 0.321 e. The van der Waals surface area contributed by atoms with Crippen LogP contribution in [-0.2, 0) is 13.0 Å². The second-order valence-corrected chi connectivity index (χ2v) is 6.47. The number of hydrogen-bond acceptors (Lipinski definition) is 3. The highest BCUT2D eigenvalue weighted by atomic mass is 16.2. The first-order valence-corrected chi connectivity index (χ1v) is 8.65. The van der Waals surface area contributed by atoms with E-state index in [1.54, 1.807) is 6.33 Å². The average molecular weight is 327 g/mol. The van der Waals surface area contributed by atoms with E-state index in [2.05, 4.69) is 27.0 Å². The van der Waals surface area contributed by atoms with Crippen molar-refractivity contribution < 1.29 is 4.79 Å². The Morgan fingerprint density at radius 2 is 2.12 bits per heavy atom. The van der Waals surface area contributed by atoms with Crippen LogP contribution in [0.2, 0.25) is 0 Å². The zero-order valence-electron chi connectivity index (χ0n) is 14.4. The number of piperidine rings is 1. The molecule has 2 amide bonds. The number of benzene rings is 1. The first kappa shape index (κ1) is 16.5. The lowest BCUT2D eigenvalue weighted by Gasteiger charge is -2.31. The zero-order valence-corrected chi connectivity index (χ0v) is 14.4. The van der Waals surface area contributed by atoms with Gasteiger partial charge >= 0.3 is 6.03 Å². The van der Waals surface area contributed by atoms with Gasteiger partial charge in [0, 0.05) is 31.7 Å². The van der Waals surface area contributed by atoms with Gasteiger partial charge in [-0.15, -0.1) is 10.2 Å². The number of rotatable bonds is 4. The van der Waals surface area contributed by atoms with Crippen LogP contribution in [0.5, 0.6) is 0 Å². The molecule has 0 radical (unpaired) electrons. The summed E-state index contributed by atoms with van der Waals surface area (Å²) in [6.45, 7) is 6.62. The summed E-state index contributed by atoms with van der Waals surface area (Å²) in [4.78, 5) is 14.3. The topological polar surface area (TPSA) is 63.1 Å². The molecule has 1 fully saturated rings. The molecule has 128 valence electrons. The monoisotopic (exact) mass is 327 g/mol. The molecule has 1 aliphatic rings. The second kappa shape index (κ2) is 7.47. The third kappa shape index (κ3) is 3.93. The van der Waals surface area contributed by atoms with Crippen molar-refractivity contribution in [1.82, 2.24) is 19.7 Å². The van der Waals surface area contributed by atoms with Crippen LogP contribution in [0, 0.1) is 12.8 Å². The molecule has 2 aromatic rings. The molecule has 1 aromatic carbocycles. The van der Waals surface area contributed by atoms with Gasteiger partial charge in [-0.25, -0.2) is 4.79 Å². The number of anilines is 1. The van der Waals surface area contributed by atoms with Crippen LogP contribution in [0.15, 0.2) is 30.6 Å². The third-order valence-electron chi connectivity index (χ3n) is 4.68. The molecule has 1 aliphatic heterocycles. The lowest BCUT2D eigenvalue weighted by molar-refractivity contribution is 0.181. The summed E-state index contributed by atoms with van der Waals surface area (Å²) in [5, 5.41) is 11.2. The largest absolute Gasteiger partial charge is 0.325 e. The van der Waals surface area contributed by atoms with Gasteiger partial charge in [-0.2, -0.15) is 0 Å². The van der Waals surface area contributed by atoms with Crippen molar-refractivity contribution in [2.24, 2.45) is 5.92 Å². The minimum absolute atomic E-state index is 0.00391. The molecule has 24 heavy (non-hydrogen) atoms. The van der Waals surface area contributed by atoms with Crippen LogP contribution < -0.4 is 5.32 Å². The number of carbonyl (C=O) groups is 1. The highest BCUT2D eigenvalue weighted by Gasteiger charge is 2.24. The van der Waals surface area contributed by atoms with Crippen LogP contribution in [-0.4, -0.2) is 38.8 Å². The van der Waals surface area contributed by atoms with Crippen LogP contribution >= 0.6 is 0 Å². The molecular formula is C18H25N5O. The molecule has 1 aromatic heterocycles.